The Morgan fingerprint density at radius 3 is 2.08 bits per heavy atom. The molecule has 4 N–H and O–H groups in total. The van der Waals surface area contributed by atoms with Crippen LogP contribution in [0, 0.1) is 0 Å². The molecule has 2 aromatic rings. The molecule has 6 heteroatoms. The average Bonchev–Trinajstić information content (AvgIpc) is 2.54. The highest BCUT2D eigenvalue weighted by Crippen LogP contribution is 2.24. The van der Waals surface area contributed by atoms with Crippen molar-refractivity contribution in [1.82, 2.24) is 0 Å². The quantitative estimate of drug-likeness (QED) is 0.708. The molecule has 0 bridgehead atoms. The van der Waals surface area contributed by atoms with Crippen LogP contribution in [0.5, 0.6) is 0 Å². The van der Waals surface area contributed by atoms with Crippen LogP contribution in [0.15, 0.2) is 66.7 Å². The van der Waals surface area contributed by atoms with Crippen molar-refractivity contribution in [2.45, 2.75) is 18.9 Å². The fourth-order valence-electron chi connectivity index (χ4n) is 2.11. The molecule has 0 fully saturated rings. The molecule has 5 nitrogen and oxygen atoms in total. The van der Waals surface area contributed by atoms with Gasteiger partial charge in [-0.25, -0.2) is 9.59 Å². The Hall–Kier alpha value is -2.63. The molecule has 0 spiro atoms. The Kier molecular flexibility index (Phi) is 7.85. The molecule has 0 radical (unpaired) electrons. The molecule has 0 aliphatic heterocycles. The van der Waals surface area contributed by atoms with Gasteiger partial charge in [-0.2, -0.15) is 0 Å². The number of benzene rings is 2. The van der Waals surface area contributed by atoms with Gasteiger partial charge in [-0.15, -0.1) is 0 Å². The number of halogens is 1. The van der Waals surface area contributed by atoms with Crippen molar-refractivity contribution in [3.63, 3.8) is 0 Å². The summed E-state index contributed by atoms with van der Waals surface area (Å²) in [5.41, 5.74) is 8.28. The molecule has 0 saturated carbocycles. The van der Waals surface area contributed by atoms with E-state index in [1.54, 1.807) is 0 Å². The van der Waals surface area contributed by atoms with Crippen molar-refractivity contribution in [1.29, 1.82) is 0 Å². The number of hydrogen-bond donors (Lipinski definition) is 3. The van der Waals surface area contributed by atoms with Crippen LogP contribution < -0.4 is 5.73 Å². The number of carboxylic acids is 2. The van der Waals surface area contributed by atoms with Gasteiger partial charge in [0, 0.05) is 22.7 Å². The van der Waals surface area contributed by atoms with E-state index in [1.165, 1.54) is 5.56 Å². The molecule has 0 heterocycles. The van der Waals surface area contributed by atoms with E-state index < -0.39 is 17.5 Å². The molecular weight excluding hydrogens is 342 g/mol. The first-order valence-corrected chi connectivity index (χ1v) is 7.81. The first kappa shape index (κ1) is 20.4. The topological polar surface area (TPSA) is 101 Å². The lowest BCUT2D eigenvalue weighted by atomic mass is 9.87. The Bertz CT molecular complexity index is 726. The normalized spacial score (nSPS) is 12.8. The highest BCUT2D eigenvalue weighted by Gasteiger charge is 2.21. The highest BCUT2D eigenvalue weighted by atomic mass is 35.5. The van der Waals surface area contributed by atoms with Gasteiger partial charge in [0.05, 0.1) is 0 Å². The standard InChI is InChI=1S/C15H16ClN.C4H4O4/c1-15(17,11-12-6-3-2-4-7-12)13-8-5-9-14(16)10-13;5-3(6)1-2-4(7)8/h2-10H,11,17H2,1H3;1-2H,(H,5,6)(H,7,8). The lowest BCUT2D eigenvalue weighted by molar-refractivity contribution is -0.134. The minimum Gasteiger partial charge on any atom is -0.478 e. The first-order valence-electron chi connectivity index (χ1n) is 7.43. The summed E-state index contributed by atoms with van der Waals surface area (Å²) in [6.07, 6.45) is 1.92. The summed E-state index contributed by atoms with van der Waals surface area (Å²) in [4.78, 5) is 19.1. The number of hydrogen-bond acceptors (Lipinski definition) is 3. The monoisotopic (exact) mass is 361 g/mol. The SMILES string of the molecule is CC(N)(Cc1ccccc1)c1cccc(Cl)c1.O=C(O)C=CC(=O)O. The maximum Gasteiger partial charge on any atom is 0.328 e. The molecule has 0 saturated heterocycles. The molecular formula is C19H20ClNO4. The lowest BCUT2D eigenvalue weighted by Gasteiger charge is -2.25. The van der Waals surface area contributed by atoms with Crippen LogP contribution >= 0.6 is 11.6 Å². The second kappa shape index (κ2) is 9.61. The lowest BCUT2D eigenvalue weighted by Crippen LogP contribution is -2.35. The summed E-state index contributed by atoms with van der Waals surface area (Å²) in [5, 5.41) is 16.4. The third-order valence-electron chi connectivity index (χ3n) is 3.27. The highest BCUT2D eigenvalue weighted by molar-refractivity contribution is 6.30. The number of carbonyl (C=O) groups is 2. The summed E-state index contributed by atoms with van der Waals surface area (Å²) in [6.45, 7) is 2.03. The predicted molar refractivity (Wildman–Crippen MR) is 97.5 cm³/mol. The van der Waals surface area contributed by atoms with E-state index in [2.05, 4.69) is 12.1 Å². The smallest absolute Gasteiger partial charge is 0.328 e. The van der Waals surface area contributed by atoms with Crippen molar-refractivity contribution in [3.05, 3.63) is 82.9 Å². The van der Waals surface area contributed by atoms with Gasteiger partial charge < -0.3 is 15.9 Å². The maximum atomic E-state index is 9.55. The Balaban J connectivity index is 0.000000333. The van der Waals surface area contributed by atoms with Crippen molar-refractivity contribution in [3.8, 4) is 0 Å². The second-order valence-corrected chi connectivity index (χ2v) is 6.04. The van der Waals surface area contributed by atoms with Gasteiger partial charge in [0.25, 0.3) is 0 Å². The van der Waals surface area contributed by atoms with Crippen LogP contribution in [-0.4, -0.2) is 22.2 Å². The van der Waals surface area contributed by atoms with E-state index in [4.69, 9.17) is 27.5 Å². The summed E-state index contributed by atoms with van der Waals surface area (Å²) in [6, 6.07) is 18.0. The molecule has 25 heavy (non-hydrogen) atoms. The van der Waals surface area contributed by atoms with Crippen molar-refractivity contribution in [2.24, 2.45) is 5.73 Å². The van der Waals surface area contributed by atoms with Gasteiger partial charge in [0.1, 0.15) is 0 Å². The van der Waals surface area contributed by atoms with Crippen LogP contribution in [-0.2, 0) is 21.5 Å². The third-order valence-corrected chi connectivity index (χ3v) is 3.50. The molecule has 0 aliphatic carbocycles. The molecule has 132 valence electrons. The van der Waals surface area contributed by atoms with E-state index in [1.807, 2.05) is 49.4 Å². The minimum absolute atomic E-state index is 0.397. The summed E-state index contributed by atoms with van der Waals surface area (Å²) < 4.78 is 0. The largest absolute Gasteiger partial charge is 0.478 e. The summed E-state index contributed by atoms with van der Waals surface area (Å²) >= 11 is 6.00. The molecule has 1 atom stereocenters. The van der Waals surface area contributed by atoms with Gasteiger partial charge in [-0.1, -0.05) is 54.1 Å². The number of carboxylic acid groups (broad SMARTS) is 2. The molecule has 2 aromatic carbocycles. The van der Waals surface area contributed by atoms with Crippen molar-refractivity contribution < 1.29 is 19.8 Å². The van der Waals surface area contributed by atoms with E-state index in [0.29, 0.717) is 12.2 Å². The molecule has 1 unspecified atom stereocenters. The van der Waals surface area contributed by atoms with Gasteiger partial charge in [0.15, 0.2) is 0 Å². The molecule has 0 aliphatic rings. The first-order chi connectivity index (χ1) is 11.7. The number of aliphatic carboxylic acids is 2. The van der Waals surface area contributed by atoms with Crippen LogP contribution in [0.25, 0.3) is 0 Å². The fraction of sp³-hybridized carbons (Fsp3) is 0.158. The number of rotatable bonds is 5. The molecule has 2 rings (SSSR count). The van der Waals surface area contributed by atoms with Crippen molar-refractivity contribution in [2.75, 3.05) is 0 Å². The van der Waals surface area contributed by atoms with Gasteiger partial charge in [-0.05, 0) is 36.6 Å². The van der Waals surface area contributed by atoms with Crippen LogP contribution in [0.2, 0.25) is 5.02 Å². The number of nitrogens with two attached hydrogens (primary N) is 1. The average molecular weight is 362 g/mol. The second-order valence-electron chi connectivity index (χ2n) is 5.60. The van der Waals surface area contributed by atoms with E-state index in [9.17, 15) is 9.59 Å². The Morgan fingerprint density at radius 2 is 1.60 bits per heavy atom. The van der Waals surface area contributed by atoms with Gasteiger partial charge in [0.2, 0.25) is 0 Å². The zero-order valence-electron chi connectivity index (χ0n) is 13.7. The Labute approximate surface area is 151 Å². The van der Waals surface area contributed by atoms with E-state index in [-0.39, 0.29) is 0 Å². The summed E-state index contributed by atoms with van der Waals surface area (Å²) in [7, 11) is 0. The van der Waals surface area contributed by atoms with Crippen LogP contribution in [0.3, 0.4) is 0 Å². The summed E-state index contributed by atoms with van der Waals surface area (Å²) in [5.74, 6) is -2.51. The van der Waals surface area contributed by atoms with Crippen LogP contribution in [0.4, 0.5) is 0 Å². The minimum atomic E-state index is -1.26. The zero-order chi connectivity index (χ0) is 18.9. The Morgan fingerprint density at radius 1 is 1.04 bits per heavy atom. The van der Waals surface area contributed by atoms with E-state index in [0.717, 1.165) is 17.0 Å². The van der Waals surface area contributed by atoms with Gasteiger partial charge in [-0.3, -0.25) is 0 Å². The molecule has 0 aromatic heterocycles. The van der Waals surface area contributed by atoms with Crippen LogP contribution in [0.1, 0.15) is 18.1 Å². The van der Waals surface area contributed by atoms with Gasteiger partial charge >= 0.3 is 11.9 Å². The third kappa shape index (κ3) is 8.15. The fourth-order valence-corrected chi connectivity index (χ4v) is 2.30. The maximum absolute atomic E-state index is 9.55. The van der Waals surface area contributed by atoms with Crippen molar-refractivity contribution >= 4 is 23.5 Å². The zero-order valence-corrected chi connectivity index (χ0v) is 14.5. The van der Waals surface area contributed by atoms with E-state index >= 15 is 0 Å². The molecule has 0 amide bonds. The predicted octanol–water partition coefficient (Wildman–Crippen LogP) is 3.47.